The Kier molecular flexibility index (Phi) is 14.4. The second kappa shape index (κ2) is 16.4. The lowest BCUT2D eigenvalue weighted by molar-refractivity contribution is -0.135. The summed E-state index contributed by atoms with van der Waals surface area (Å²) in [5.74, 6) is 0.191. The second-order valence-corrected chi connectivity index (χ2v) is 10.5. The summed E-state index contributed by atoms with van der Waals surface area (Å²) in [6, 6.07) is 0. The van der Waals surface area contributed by atoms with Crippen molar-refractivity contribution >= 4 is 0 Å². The van der Waals surface area contributed by atoms with Crippen LogP contribution in [-0.4, -0.2) is 112 Å². The molecule has 0 aromatic heterocycles. The molecule has 2 fully saturated rings. The lowest BCUT2D eigenvalue weighted by Crippen LogP contribution is -2.50. The van der Waals surface area contributed by atoms with Crippen molar-refractivity contribution in [1.29, 1.82) is 0 Å². The molecule has 34 heavy (non-hydrogen) atoms. The number of aliphatic hydroxyl groups excluding tert-OH is 6. The highest BCUT2D eigenvalue weighted by atomic mass is 16.5. The Balaban J connectivity index is 1.84. The second-order valence-electron chi connectivity index (χ2n) is 10.5. The molecule has 2 aliphatic rings. The van der Waals surface area contributed by atoms with Gasteiger partial charge in [-0.2, -0.15) is 0 Å². The molecule has 202 valence electrons. The maximum atomic E-state index is 10.7. The first-order valence-corrected chi connectivity index (χ1v) is 13.4. The van der Waals surface area contributed by atoms with Gasteiger partial charge in [-0.1, -0.05) is 12.8 Å². The van der Waals surface area contributed by atoms with Crippen LogP contribution in [0.2, 0.25) is 0 Å². The van der Waals surface area contributed by atoms with Gasteiger partial charge in [0, 0.05) is 26.3 Å². The minimum atomic E-state index is -1.09. The van der Waals surface area contributed by atoms with E-state index >= 15 is 0 Å². The zero-order valence-corrected chi connectivity index (χ0v) is 20.8. The summed E-state index contributed by atoms with van der Waals surface area (Å²) < 4.78 is 5.84. The number of unbranched alkanes of at least 4 members (excludes halogenated alkanes) is 5. The predicted octanol–water partition coefficient (Wildman–Crippen LogP) is -0.0202. The third-order valence-corrected chi connectivity index (χ3v) is 7.42. The van der Waals surface area contributed by atoms with Gasteiger partial charge in [0.05, 0.1) is 24.4 Å². The van der Waals surface area contributed by atoms with Crippen LogP contribution in [0.5, 0.6) is 0 Å². The molecule has 0 aromatic carbocycles. The largest absolute Gasteiger partial charge is 0.396 e. The fraction of sp³-hybridized carbons (Fsp3) is 1.00. The Morgan fingerprint density at radius 3 is 1.76 bits per heavy atom. The molecule has 0 radical (unpaired) electrons. The quantitative estimate of drug-likeness (QED) is 0.148. The SMILES string of the molecule is NCCCCCCOC1C(O)CC(CN(CCCCCO)CC2CC(O)C(O)C(O)C2)C[C@@H]1O. The van der Waals surface area contributed by atoms with Gasteiger partial charge in [0.25, 0.3) is 0 Å². The minimum Gasteiger partial charge on any atom is -0.396 e. The highest BCUT2D eigenvalue weighted by molar-refractivity contribution is 4.90. The third kappa shape index (κ3) is 10.3. The summed E-state index contributed by atoms with van der Waals surface area (Å²) >= 11 is 0. The molecule has 8 N–H and O–H groups in total. The Labute approximate surface area is 204 Å². The standard InChI is InChI=1S/C25H50N2O7/c26-8-4-1-2-7-11-34-25-22(31)14-19(15-23(25)32)17-27(9-5-3-6-10-28)16-18-12-20(29)24(33)21(30)13-18/h18-25,28-33H,1-17,26H2/t18?,19?,20?,21?,22-,23?,24?,25?/m0/s1. The van der Waals surface area contributed by atoms with Gasteiger partial charge in [-0.25, -0.2) is 0 Å². The monoisotopic (exact) mass is 490 g/mol. The molecular formula is C25H50N2O7. The van der Waals surface area contributed by atoms with Crippen LogP contribution in [0.15, 0.2) is 0 Å². The van der Waals surface area contributed by atoms with Gasteiger partial charge in [0.1, 0.15) is 12.2 Å². The van der Waals surface area contributed by atoms with Crippen molar-refractivity contribution in [2.24, 2.45) is 17.6 Å². The average molecular weight is 491 g/mol. The molecule has 2 saturated carbocycles. The number of nitrogens with two attached hydrogens (primary N) is 1. The average Bonchev–Trinajstić information content (AvgIpc) is 2.78. The molecule has 0 heterocycles. The summed E-state index contributed by atoms with van der Waals surface area (Å²) in [5, 5.41) is 60.5. The van der Waals surface area contributed by atoms with E-state index in [1.807, 2.05) is 0 Å². The molecule has 0 aromatic rings. The van der Waals surface area contributed by atoms with E-state index in [9.17, 15) is 25.5 Å². The van der Waals surface area contributed by atoms with Gasteiger partial charge in [-0.15, -0.1) is 0 Å². The number of hydrogen-bond acceptors (Lipinski definition) is 9. The van der Waals surface area contributed by atoms with Crippen molar-refractivity contribution in [2.75, 3.05) is 39.4 Å². The first-order chi connectivity index (χ1) is 16.3. The first-order valence-electron chi connectivity index (χ1n) is 13.4. The molecule has 2 rings (SSSR count). The minimum absolute atomic E-state index is 0.0695. The van der Waals surface area contributed by atoms with E-state index in [0.717, 1.165) is 51.5 Å². The van der Waals surface area contributed by atoms with E-state index in [-0.39, 0.29) is 18.4 Å². The summed E-state index contributed by atoms with van der Waals surface area (Å²) in [4.78, 5) is 2.29. The van der Waals surface area contributed by atoms with Crippen LogP contribution in [0.4, 0.5) is 0 Å². The summed E-state index contributed by atoms with van der Waals surface area (Å²) in [6.07, 6.45) is 3.74. The Hall–Kier alpha value is -0.360. The zero-order chi connectivity index (χ0) is 24.9. The van der Waals surface area contributed by atoms with Gasteiger partial charge in [-0.3, -0.25) is 0 Å². The first kappa shape index (κ1) is 29.9. The predicted molar refractivity (Wildman–Crippen MR) is 130 cm³/mol. The molecule has 0 aliphatic heterocycles. The Morgan fingerprint density at radius 2 is 1.21 bits per heavy atom. The van der Waals surface area contributed by atoms with Crippen LogP contribution >= 0.6 is 0 Å². The molecule has 0 bridgehead atoms. The fourth-order valence-corrected chi connectivity index (χ4v) is 5.57. The van der Waals surface area contributed by atoms with Gasteiger partial charge in [0.15, 0.2) is 0 Å². The van der Waals surface area contributed by atoms with E-state index in [2.05, 4.69) is 4.90 Å². The van der Waals surface area contributed by atoms with Crippen LogP contribution in [0, 0.1) is 11.8 Å². The van der Waals surface area contributed by atoms with Crippen molar-refractivity contribution in [3.05, 3.63) is 0 Å². The van der Waals surface area contributed by atoms with Crippen molar-refractivity contribution in [3.63, 3.8) is 0 Å². The molecular weight excluding hydrogens is 440 g/mol. The third-order valence-electron chi connectivity index (χ3n) is 7.42. The van der Waals surface area contributed by atoms with E-state index in [1.165, 1.54) is 0 Å². The van der Waals surface area contributed by atoms with Crippen molar-refractivity contribution in [2.45, 2.75) is 107 Å². The number of nitrogens with zero attached hydrogens (tertiary/aromatic N) is 1. The highest BCUT2D eigenvalue weighted by Gasteiger charge is 2.39. The van der Waals surface area contributed by atoms with Gasteiger partial charge < -0.3 is 46.0 Å². The molecule has 5 unspecified atom stereocenters. The number of rotatable bonds is 16. The van der Waals surface area contributed by atoms with Crippen molar-refractivity contribution in [3.8, 4) is 0 Å². The van der Waals surface area contributed by atoms with Crippen LogP contribution in [0.1, 0.15) is 70.6 Å². The van der Waals surface area contributed by atoms with Gasteiger partial charge >= 0.3 is 0 Å². The maximum Gasteiger partial charge on any atom is 0.109 e. The van der Waals surface area contributed by atoms with E-state index in [1.54, 1.807) is 0 Å². The summed E-state index contributed by atoms with van der Waals surface area (Å²) in [7, 11) is 0. The molecule has 0 spiro atoms. The lowest BCUT2D eigenvalue weighted by atomic mass is 9.81. The Bertz CT molecular complexity index is 505. The number of ether oxygens (including phenoxy) is 1. The number of hydrogen-bond donors (Lipinski definition) is 7. The zero-order valence-electron chi connectivity index (χ0n) is 20.8. The molecule has 0 saturated heterocycles. The van der Waals surface area contributed by atoms with Crippen molar-refractivity contribution in [1.82, 2.24) is 4.90 Å². The summed E-state index contributed by atoms with van der Waals surface area (Å²) in [5.41, 5.74) is 5.51. The molecule has 2 aliphatic carbocycles. The molecule has 0 amide bonds. The molecule has 6 atom stereocenters. The lowest BCUT2D eigenvalue weighted by Gasteiger charge is -2.41. The Morgan fingerprint density at radius 1 is 0.676 bits per heavy atom. The van der Waals surface area contributed by atoms with Crippen LogP contribution in [-0.2, 0) is 4.74 Å². The fourth-order valence-electron chi connectivity index (χ4n) is 5.57. The summed E-state index contributed by atoms with van der Waals surface area (Å²) in [6.45, 7) is 3.62. The van der Waals surface area contributed by atoms with Crippen molar-refractivity contribution < 1.29 is 35.4 Å². The van der Waals surface area contributed by atoms with Gasteiger partial charge in [0.2, 0.25) is 0 Å². The smallest absolute Gasteiger partial charge is 0.109 e. The maximum absolute atomic E-state index is 10.7. The highest BCUT2D eigenvalue weighted by Crippen LogP contribution is 2.30. The molecule has 9 nitrogen and oxygen atoms in total. The van der Waals surface area contributed by atoms with E-state index < -0.39 is 36.6 Å². The van der Waals surface area contributed by atoms with Gasteiger partial charge in [-0.05, 0) is 82.7 Å². The van der Waals surface area contributed by atoms with Crippen LogP contribution < -0.4 is 5.73 Å². The van der Waals surface area contributed by atoms with Crippen LogP contribution in [0.3, 0.4) is 0 Å². The normalized spacial score (nSPS) is 34.6. The van der Waals surface area contributed by atoms with E-state index in [4.69, 9.17) is 15.6 Å². The van der Waals surface area contributed by atoms with Crippen LogP contribution in [0.25, 0.3) is 0 Å². The number of aliphatic hydroxyl groups is 6. The topological polar surface area (TPSA) is 160 Å². The van der Waals surface area contributed by atoms with E-state index in [0.29, 0.717) is 51.9 Å². The molecule has 9 heteroatoms.